The second kappa shape index (κ2) is 5.46. The number of rotatable bonds is 3. The van der Waals surface area contributed by atoms with Crippen molar-refractivity contribution in [2.45, 2.75) is 18.4 Å². The molecule has 1 aromatic rings. The maximum Gasteiger partial charge on any atom is 0.337 e. The normalized spacial score (nSPS) is 17.6. The molecule has 0 atom stereocenters. The van der Waals surface area contributed by atoms with E-state index in [1.54, 1.807) is 23.1 Å². The van der Waals surface area contributed by atoms with Crippen LogP contribution in [0.1, 0.15) is 12.8 Å². The highest BCUT2D eigenvalue weighted by molar-refractivity contribution is 5.79. The number of esters is 1. The topological polar surface area (TPSA) is 92.9 Å². The van der Waals surface area contributed by atoms with Gasteiger partial charge in [0.1, 0.15) is 5.69 Å². The standard InChI is InChI=1S/C13H16N2O5/c1-20-12(16)13(17)6-8-14(9-7-13)10-4-2-3-5-11(10)15(18)19/h2-5,17H,6-9H2,1H3. The number of para-hydroxylation sites is 2. The van der Waals surface area contributed by atoms with Crippen LogP contribution in [0, 0.1) is 10.1 Å². The van der Waals surface area contributed by atoms with Gasteiger partial charge in [0.25, 0.3) is 5.69 Å². The predicted molar refractivity (Wildman–Crippen MR) is 71.5 cm³/mol. The molecule has 1 heterocycles. The summed E-state index contributed by atoms with van der Waals surface area (Å²) < 4.78 is 4.58. The van der Waals surface area contributed by atoms with Gasteiger partial charge in [-0.1, -0.05) is 12.1 Å². The van der Waals surface area contributed by atoms with Gasteiger partial charge in [-0.25, -0.2) is 4.79 Å². The number of carbonyl (C=O) groups is 1. The summed E-state index contributed by atoms with van der Waals surface area (Å²) >= 11 is 0. The quantitative estimate of drug-likeness (QED) is 0.506. The van der Waals surface area contributed by atoms with Crippen LogP contribution < -0.4 is 4.90 Å². The van der Waals surface area contributed by atoms with Crippen molar-refractivity contribution in [1.82, 2.24) is 0 Å². The Balaban J connectivity index is 2.16. The van der Waals surface area contributed by atoms with Crippen molar-refractivity contribution in [3.63, 3.8) is 0 Å². The lowest BCUT2D eigenvalue weighted by atomic mass is 9.91. The maximum absolute atomic E-state index is 11.5. The van der Waals surface area contributed by atoms with Crippen molar-refractivity contribution < 1.29 is 19.6 Å². The molecule has 7 heteroatoms. The van der Waals surface area contributed by atoms with Crippen LogP contribution in [0.4, 0.5) is 11.4 Å². The first kappa shape index (κ1) is 14.3. The predicted octanol–water partition coefficient (Wildman–Crippen LogP) is 1.10. The van der Waals surface area contributed by atoms with E-state index in [1.165, 1.54) is 13.2 Å². The minimum atomic E-state index is -1.49. The summed E-state index contributed by atoms with van der Waals surface area (Å²) in [5.74, 6) is -0.653. The molecule has 108 valence electrons. The molecule has 0 aliphatic carbocycles. The highest BCUT2D eigenvalue weighted by atomic mass is 16.6. The molecule has 0 bridgehead atoms. The van der Waals surface area contributed by atoms with Crippen LogP contribution in [-0.4, -0.2) is 41.8 Å². The fourth-order valence-corrected chi connectivity index (χ4v) is 2.40. The molecule has 1 N–H and O–H groups in total. The van der Waals surface area contributed by atoms with E-state index in [1.807, 2.05) is 0 Å². The molecule has 0 saturated carbocycles. The lowest BCUT2D eigenvalue weighted by Crippen LogP contribution is -2.50. The maximum atomic E-state index is 11.5. The first-order valence-corrected chi connectivity index (χ1v) is 6.27. The van der Waals surface area contributed by atoms with Crippen LogP contribution in [0.2, 0.25) is 0 Å². The molecule has 2 rings (SSSR count). The molecule has 1 fully saturated rings. The van der Waals surface area contributed by atoms with Gasteiger partial charge < -0.3 is 14.7 Å². The van der Waals surface area contributed by atoms with Crippen molar-refractivity contribution in [3.05, 3.63) is 34.4 Å². The van der Waals surface area contributed by atoms with Crippen LogP contribution in [0.5, 0.6) is 0 Å². The van der Waals surface area contributed by atoms with Crippen molar-refractivity contribution >= 4 is 17.3 Å². The smallest absolute Gasteiger partial charge is 0.337 e. The molecular weight excluding hydrogens is 264 g/mol. The Hall–Kier alpha value is -2.15. The highest BCUT2D eigenvalue weighted by Gasteiger charge is 2.41. The number of nitro benzene ring substituents is 1. The van der Waals surface area contributed by atoms with Crippen molar-refractivity contribution in [3.8, 4) is 0 Å². The molecule has 0 spiro atoms. The van der Waals surface area contributed by atoms with E-state index >= 15 is 0 Å². The summed E-state index contributed by atoms with van der Waals surface area (Å²) in [5, 5.41) is 21.1. The molecule has 0 radical (unpaired) electrons. The van der Waals surface area contributed by atoms with E-state index in [4.69, 9.17) is 0 Å². The second-order valence-corrected chi connectivity index (χ2v) is 4.76. The Morgan fingerprint density at radius 3 is 2.55 bits per heavy atom. The Bertz CT molecular complexity index is 523. The minimum Gasteiger partial charge on any atom is -0.467 e. The highest BCUT2D eigenvalue weighted by Crippen LogP contribution is 2.32. The summed E-state index contributed by atoms with van der Waals surface area (Å²) in [7, 11) is 1.23. The third-order valence-electron chi connectivity index (χ3n) is 3.58. The zero-order valence-electron chi connectivity index (χ0n) is 11.1. The van der Waals surface area contributed by atoms with Crippen molar-refractivity contribution in [2.24, 2.45) is 0 Å². The molecule has 7 nitrogen and oxygen atoms in total. The monoisotopic (exact) mass is 280 g/mol. The van der Waals surface area contributed by atoms with E-state index in [0.717, 1.165) is 0 Å². The molecule has 1 aliphatic heterocycles. The van der Waals surface area contributed by atoms with Crippen LogP contribution in [0.15, 0.2) is 24.3 Å². The van der Waals surface area contributed by atoms with Gasteiger partial charge in [0.05, 0.1) is 12.0 Å². The van der Waals surface area contributed by atoms with E-state index in [9.17, 15) is 20.0 Å². The molecular formula is C13H16N2O5. The number of nitro groups is 1. The molecule has 0 amide bonds. The third-order valence-corrected chi connectivity index (χ3v) is 3.58. The van der Waals surface area contributed by atoms with Gasteiger partial charge in [-0.15, -0.1) is 0 Å². The molecule has 20 heavy (non-hydrogen) atoms. The minimum absolute atomic E-state index is 0.0241. The fourth-order valence-electron chi connectivity index (χ4n) is 2.40. The number of ether oxygens (including phenoxy) is 1. The summed E-state index contributed by atoms with van der Waals surface area (Å²) in [6.45, 7) is 0.715. The molecule has 0 unspecified atom stereocenters. The number of piperidine rings is 1. The number of hydrogen-bond donors (Lipinski definition) is 1. The van der Waals surface area contributed by atoms with Gasteiger partial charge in [-0.3, -0.25) is 10.1 Å². The van der Waals surface area contributed by atoms with Gasteiger partial charge in [0.2, 0.25) is 0 Å². The summed E-state index contributed by atoms with van der Waals surface area (Å²) in [5.41, 5.74) is -0.963. The first-order valence-electron chi connectivity index (χ1n) is 6.27. The molecule has 0 aromatic heterocycles. The Morgan fingerprint density at radius 1 is 1.40 bits per heavy atom. The Morgan fingerprint density at radius 2 is 2.00 bits per heavy atom. The summed E-state index contributed by atoms with van der Waals surface area (Å²) in [6.07, 6.45) is 0.372. The van der Waals surface area contributed by atoms with E-state index in [-0.39, 0.29) is 18.5 Å². The van der Waals surface area contributed by atoms with Gasteiger partial charge in [-0.2, -0.15) is 0 Å². The van der Waals surface area contributed by atoms with Gasteiger partial charge in [0.15, 0.2) is 5.60 Å². The van der Waals surface area contributed by atoms with Crippen LogP contribution >= 0.6 is 0 Å². The summed E-state index contributed by atoms with van der Waals surface area (Å²) in [4.78, 5) is 23.9. The van der Waals surface area contributed by atoms with Gasteiger partial charge in [0, 0.05) is 32.0 Å². The van der Waals surface area contributed by atoms with E-state index in [0.29, 0.717) is 18.8 Å². The number of carbonyl (C=O) groups excluding carboxylic acids is 1. The fraction of sp³-hybridized carbons (Fsp3) is 0.462. The zero-order chi connectivity index (χ0) is 14.8. The average molecular weight is 280 g/mol. The number of methoxy groups -OCH3 is 1. The molecule has 1 saturated heterocycles. The number of hydrogen-bond acceptors (Lipinski definition) is 6. The number of aliphatic hydroxyl groups is 1. The zero-order valence-corrected chi connectivity index (χ0v) is 11.1. The second-order valence-electron chi connectivity index (χ2n) is 4.76. The Kier molecular flexibility index (Phi) is 3.89. The first-order chi connectivity index (χ1) is 9.48. The molecule has 1 aromatic carbocycles. The SMILES string of the molecule is COC(=O)C1(O)CCN(c2ccccc2[N+](=O)[O-])CC1. The third kappa shape index (κ3) is 2.57. The van der Waals surface area contributed by atoms with Crippen molar-refractivity contribution in [1.29, 1.82) is 0 Å². The number of benzene rings is 1. The van der Waals surface area contributed by atoms with E-state index < -0.39 is 16.5 Å². The lowest BCUT2D eigenvalue weighted by Gasteiger charge is -2.36. The Labute approximate surface area is 115 Å². The van der Waals surface area contributed by atoms with Crippen LogP contribution in [0.25, 0.3) is 0 Å². The lowest BCUT2D eigenvalue weighted by molar-refractivity contribution is -0.384. The summed E-state index contributed by atoms with van der Waals surface area (Å²) in [6, 6.07) is 6.44. The van der Waals surface area contributed by atoms with E-state index in [2.05, 4.69) is 4.74 Å². The largest absolute Gasteiger partial charge is 0.467 e. The van der Waals surface area contributed by atoms with Crippen LogP contribution in [-0.2, 0) is 9.53 Å². The van der Waals surface area contributed by atoms with Gasteiger partial charge in [-0.05, 0) is 6.07 Å². The van der Waals surface area contributed by atoms with Gasteiger partial charge >= 0.3 is 5.97 Å². The molecule has 1 aliphatic rings. The number of anilines is 1. The van der Waals surface area contributed by atoms with Crippen LogP contribution in [0.3, 0.4) is 0 Å². The van der Waals surface area contributed by atoms with Crippen molar-refractivity contribution in [2.75, 3.05) is 25.1 Å². The number of nitrogens with zero attached hydrogens (tertiary/aromatic N) is 2. The average Bonchev–Trinajstić information content (AvgIpc) is 2.47.